The predicted octanol–water partition coefficient (Wildman–Crippen LogP) is 7.95. The number of nitrogens with two attached hydrogens (primary N) is 1. The van der Waals surface area contributed by atoms with Gasteiger partial charge in [-0.25, -0.2) is 14.6 Å². The third-order valence-electron chi connectivity index (χ3n) is 17.0. The fourth-order valence-electron chi connectivity index (χ4n) is 12.7. The van der Waals surface area contributed by atoms with Gasteiger partial charge in [0.1, 0.15) is 12.0 Å². The molecule has 1 aliphatic heterocycles. The van der Waals surface area contributed by atoms with E-state index in [2.05, 4.69) is 96.9 Å². The number of carboxylic acids is 1. The van der Waals surface area contributed by atoms with Gasteiger partial charge in [-0.15, -0.1) is 0 Å². The summed E-state index contributed by atoms with van der Waals surface area (Å²) in [6.45, 7) is 26.5. The highest BCUT2D eigenvalue weighted by Crippen LogP contribution is 2.75. The fraction of sp³-hybridized carbons (Fsp3) is 0.810. The number of imidazole rings is 1. The number of H-pyrrole nitrogens is 1. The molecular formula is C42H66N6O4. The van der Waals surface area contributed by atoms with Crippen LogP contribution in [0.2, 0.25) is 0 Å². The average Bonchev–Trinajstić information content (AvgIpc) is 3.76. The third kappa shape index (κ3) is 5.11. The van der Waals surface area contributed by atoms with Gasteiger partial charge in [0.05, 0.1) is 50.4 Å². The first-order chi connectivity index (χ1) is 24.2. The van der Waals surface area contributed by atoms with E-state index in [9.17, 15) is 9.90 Å². The van der Waals surface area contributed by atoms with E-state index in [1.807, 2.05) is 0 Å². The summed E-state index contributed by atoms with van der Waals surface area (Å²) < 4.78 is 16.0. The van der Waals surface area contributed by atoms with Crippen molar-refractivity contribution in [2.75, 3.05) is 19.8 Å². The molecule has 4 fully saturated rings. The number of aromatic amines is 1. The molecule has 4 aliphatic carbocycles. The zero-order valence-corrected chi connectivity index (χ0v) is 33.8. The number of carboxylic acid groups (broad SMARTS) is 1. The fourth-order valence-corrected chi connectivity index (χ4v) is 12.7. The molecule has 288 valence electrons. The molecule has 0 spiro atoms. The van der Waals surface area contributed by atoms with Crippen molar-refractivity contribution >= 4 is 5.97 Å². The van der Waals surface area contributed by atoms with Gasteiger partial charge >= 0.3 is 5.97 Å². The van der Waals surface area contributed by atoms with E-state index in [4.69, 9.17) is 25.3 Å². The number of hydrogen-bond acceptors (Lipinski definition) is 7. The highest BCUT2D eigenvalue weighted by atomic mass is 16.5. The number of hydrogen-bond donors (Lipinski definition) is 3. The number of allylic oxidation sites excluding steroid dienone is 1. The summed E-state index contributed by atoms with van der Waals surface area (Å²) in [7, 11) is 0. The van der Waals surface area contributed by atoms with Crippen molar-refractivity contribution in [3.05, 3.63) is 30.5 Å². The number of ether oxygens (including phenoxy) is 2. The van der Waals surface area contributed by atoms with E-state index < -0.39 is 17.4 Å². The van der Waals surface area contributed by atoms with Crippen LogP contribution in [0, 0.1) is 62.1 Å². The molecule has 10 nitrogen and oxygen atoms in total. The Morgan fingerprint density at radius 3 is 2.48 bits per heavy atom. The van der Waals surface area contributed by atoms with Gasteiger partial charge in [-0.05, 0) is 90.8 Å². The number of fused-ring (bicyclic) bond motifs is 3. The molecule has 2 aromatic heterocycles. The van der Waals surface area contributed by atoms with Crippen LogP contribution in [0.1, 0.15) is 121 Å². The van der Waals surface area contributed by atoms with Gasteiger partial charge < -0.3 is 25.3 Å². The summed E-state index contributed by atoms with van der Waals surface area (Å²) >= 11 is 0. The van der Waals surface area contributed by atoms with Crippen molar-refractivity contribution in [2.45, 2.75) is 132 Å². The van der Waals surface area contributed by atoms with Gasteiger partial charge in [0.15, 0.2) is 5.82 Å². The van der Waals surface area contributed by atoms with Crippen molar-refractivity contribution in [3.8, 4) is 11.5 Å². The van der Waals surface area contributed by atoms with Crippen molar-refractivity contribution in [2.24, 2.45) is 67.8 Å². The summed E-state index contributed by atoms with van der Waals surface area (Å²) in [5, 5.41) is 16.0. The number of nitrogens with zero attached hydrogens (tertiary/aromatic N) is 4. The molecule has 2 bridgehead atoms. The molecule has 7 rings (SSSR count). The minimum atomic E-state index is -0.627. The van der Waals surface area contributed by atoms with Crippen molar-refractivity contribution in [1.29, 1.82) is 0 Å². The Bertz CT molecular complexity index is 1690. The maximum absolute atomic E-state index is 13.5. The Morgan fingerprint density at radius 2 is 1.85 bits per heavy atom. The second-order valence-corrected chi connectivity index (χ2v) is 20.5. The number of aliphatic carboxylic acids is 1. The van der Waals surface area contributed by atoms with Crippen molar-refractivity contribution in [3.63, 3.8) is 0 Å². The Balaban J connectivity index is 1.35. The van der Waals surface area contributed by atoms with E-state index in [1.54, 1.807) is 18.9 Å². The molecule has 52 heavy (non-hydrogen) atoms. The number of aromatic nitrogens is 5. The molecule has 0 aromatic carbocycles. The van der Waals surface area contributed by atoms with Crippen LogP contribution in [0.25, 0.3) is 11.5 Å². The minimum Gasteiger partial charge on any atom is -0.481 e. The average molecular weight is 719 g/mol. The Hall–Kier alpha value is -2.56. The summed E-state index contributed by atoms with van der Waals surface area (Å²) in [6.07, 6.45) is 13.1. The highest BCUT2D eigenvalue weighted by Gasteiger charge is 2.72. The first kappa shape index (κ1) is 37.7. The molecule has 12 atom stereocenters. The smallest absolute Gasteiger partial charge is 0.307 e. The van der Waals surface area contributed by atoms with E-state index in [-0.39, 0.29) is 50.6 Å². The standard InChI is InChI=1S/C42H66N6O4/c1-25(2)26(3)37(7)16-17-39(9)27-12-13-31-38(8)20-51-22-42(31,28(27)14-15-40(39,10)32(37)35(49)50)18-30(33(38)52-21-41(11,43)36(4,5)6)48-34(46-24-47-48)29-19-44-23-45-29/h14,19,23-27,30-33H,12-13,15-18,20-22,43H2,1-11H3,(H,44,45)(H,49,50)/t26-,27+,30-,31-,32-,33+,37-,38-,39-,40+,41+,42+/m1/s1. The topological polar surface area (TPSA) is 141 Å². The molecule has 5 aliphatic rings. The van der Waals surface area contributed by atoms with Crippen LogP contribution in [-0.4, -0.2) is 67.3 Å². The maximum Gasteiger partial charge on any atom is 0.307 e. The van der Waals surface area contributed by atoms with Gasteiger partial charge in [-0.3, -0.25) is 4.79 Å². The van der Waals surface area contributed by atoms with E-state index in [0.717, 1.165) is 50.0 Å². The SMILES string of the molecule is CC(C)[C@@H](C)[C@@]1(C)CC[C@]2(C)[C@H]3CC[C@H]4[C@@]5(COC[C@@]4(C)[C@@H](OC[C@](C)(N)C(C)(C)C)[C@H](n4ncnc4-c4cnc[nH]4)C5)C3=CC[C@@]2(C)[C@@H]1C(=O)O. The molecule has 2 aromatic rings. The predicted molar refractivity (Wildman–Crippen MR) is 202 cm³/mol. The summed E-state index contributed by atoms with van der Waals surface area (Å²) in [4.78, 5) is 25.9. The molecular weight excluding hydrogens is 653 g/mol. The molecule has 0 unspecified atom stereocenters. The summed E-state index contributed by atoms with van der Waals surface area (Å²) in [5.74, 6) is 1.04. The molecule has 10 heteroatoms. The van der Waals surface area contributed by atoms with Gasteiger partial charge in [0.25, 0.3) is 0 Å². The monoisotopic (exact) mass is 719 g/mol. The van der Waals surface area contributed by atoms with Crippen LogP contribution in [-0.2, 0) is 14.3 Å². The lowest BCUT2D eigenvalue weighted by atomic mass is 9.34. The van der Waals surface area contributed by atoms with E-state index in [0.29, 0.717) is 37.6 Å². The van der Waals surface area contributed by atoms with Gasteiger partial charge in [-0.2, -0.15) is 5.10 Å². The third-order valence-corrected chi connectivity index (χ3v) is 17.0. The molecule has 3 heterocycles. The van der Waals surface area contributed by atoms with Crippen LogP contribution in [0.3, 0.4) is 0 Å². The zero-order valence-electron chi connectivity index (χ0n) is 33.8. The maximum atomic E-state index is 13.5. The van der Waals surface area contributed by atoms with Gasteiger partial charge in [0, 0.05) is 16.4 Å². The molecule has 4 N–H and O–H groups in total. The lowest BCUT2D eigenvalue weighted by molar-refractivity contribution is -0.253. The Morgan fingerprint density at radius 1 is 1.12 bits per heavy atom. The van der Waals surface area contributed by atoms with E-state index >= 15 is 0 Å². The quantitative estimate of drug-likeness (QED) is 0.234. The van der Waals surface area contributed by atoms with Crippen LogP contribution in [0.5, 0.6) is 0 Å². The lowest BCUT2D eigenvalue weighted by Gasteiger charge is -2.71. The molecule has 3 saturated carbocycles. The van der Waals surface area contributed by atoms with Crippen LogP contribution in [0.4, 0.5) is 0 Å². The first-order valence-corrected chi connectivity index (χ1v) is 20.0. The van der Waals surface area contributed by atoms with Crippen LogP contribution in [0.15, 0.2) is 30.5 Å². The molecule has 0 radical (unpaired) electrons. The van der Waals surface area contributed by atoms with Crippen molar-refractivity contribution in [1.82, 2.24) is 24.7 Å². The summed E-state index contributed by atoms with van der Waals surface area (Å²) in [5.41, 5.74) is 7.24. The summed E-state index contributed by atoms with van der Waals surface area (Å²) in [6, 6.07) is -0.129. The largest absolute Gasteiger partial charge is 0.481 e. The van der Waals surface area contributed by atoms with E-state index in [1.165, 1.54) is 5.57 Å². The highest BCUT2D eigenvalue weighted by molar-refractivity contribution is 5.73. The normalized spacial score (nSPS) is 42.0. The van der Waals surface area contributed by atoms with Crippen LogP contribution < -0.4 is 5.73 Å². The lowest BCUT2D eigenvalue weighted by Crippen LogP contribution is -2.69. The number of nitrogens with one attached hydrogen (secondary N) is 1. The molecule has 0 amide bonds. The van der Waals surface area contributed by atoms with Crippen LogP contribution >= 0.6 is 0 Å². The Kier molecular flexibility index (Phi) is 8.87. The second-order valence-electron chi connectivity index (χ2n) is 20.5. The molecule has 1 saturated heterocycles. The second kappa shape index (κ2) is 12.2. The Labute approximate surface area is 311 Å². The first-order valence-electron chi connectivity index (χ1n) is 20.0. The zero-order chi connectivity index (χ0) is 37.9. The number of carbonyl (C=O) groups is 1. The van der Waals surface area contributed by atoms with Gasteiger partial charge in [0.2, 0.25) is 0 Å². The minimum absolute atomic E-state index is 0.129. The van der Waals surface area contributed by atoms with Crippen molar-refractivity contribution < 1.29 is 19.4 Å². The van der Waals surface area contributed by atoms with Gasteiger partial charge in [-0.1, -0.05) is 80.9 Å². The number of rotatable bonds is 8.